The molecule has 0 saturated carbocycles. The van der Waals surface area contributed by atoms with Gasteiger partial charge in [0, 0.05) is 38.9 Å². The lowest BCUT2D eigenvalue weighted by Crippen LogP contribution is -2.40. The third-order valence-corrected chi connectivity index (χ3v) is 16.9. The van der Waals surface area contributed by atoms with E-state index < -0.39 is 5.41 Å². The summed E-state index contributed by atoms with van der Waals surface area (Å²) in [5.74, 6) is 0. The highest BCUT2D eigenvalue weighted by Crippen LogP contribution is 2.64. The standard InChI is InChI=1S/C72H48N2O2/c1-71(2)57-23-9-11-25-59(57)72(60-26-12-10-24-58(60)71)61-43-51(73(49-35-33-45-17-3-5-19-47(45)41-49)63-27-15-31-67-69(63)55-21-7-13-29-65(55)75-67)37-39-53(61)54-40-38-52(44-62(54)72)74(50-36-34-46-18-4-6-20-48(46)42-50)64-28-16-32-68-70(64)56-22-8-14-30-66(56)76-68/h3-44H,1-2H3. The topological polar surface area (TPSA) is 32.8 Å². The SMILES string of the molecule is CC1(C)c2ccccc2C2(c3cc(N(c4ccc5ccccc5c4)c4cccc5oc6ccccc6c45)ccc3-c3ccc(N(c4ccc5ccccc5c4)c4cccc5oc6ccccc6c45)cc32)c2ccccc21. The number of fused-ring (bicyclic) bond motifs is 17. The van der Waals surface area contributed by atoms with Crippen LogP contribution in [0.1, 0.15) is 47.2 Å². The molecule has 2 heterocycles. The van der Waals surface area contributed by atoms with Crippen molar-refractivity contribution in [2.75, 3.05) is 9.80 Å². The number of nitrogens with zero attached hydrogens (tertiary/aromatic N) is 2. The van der Waals surface area contributed by atoms with Crippen molar-refractivity contribution in [3.05, 3.63) is 288 Å². The minimum Gasteiger partial charge on any atom is -0.456 e. The van der Waals surface area contributed by atoms with Gasteiger partial charge < -0.3 is 18.6 Å². The molecule has 0 saturated heterocycles. The molecule has 0 atom stereocenters. The Morgan fingerprint density at radius 1 is 0.289 bits per heavy atom. The summed E-state index contributed by atoms with van der Waals surface area (Å²) in [5, 5.41) is 9.10. The Hall–Kier alpha value is -9.64. The maximum Gasteiger partial charge on any atom is 0.137 e. The van der Waals surface area contributed by atoms with Gasteiger partial charge in [-0.1, -0.05) is 184 Å². The van der Waals surface area contributed by atoms with E-state index in [4.69, 9.17) is 8.83 Å². The van der Waals surface area contributed by atoms with Crippen molar-refractivity contribution in [1.82, 2.24) is 0 Å². The highest BCUT2D eigenvalue weighted by molar-refractivity contribution is 6.15. The Labute approximate surface area is 439 Å². The quantitative estimate of drug-likeness (QED) is 0.166. The second-order valence-electron chi connectivity index (χ2n) is 21.2. The Kier molecular flexibility index (Phi) is 8.98. The van der Waals surface area contributed by atoms with Crippen LogP contribution >= 0.6 is 0 Å². The second kappa shape index (κ2) is 15.9. The number of rotatable bonds is 6. The third-order valence-electron chi connectivity index (χ3n) is 16.9. The van der Waals surface area contributed by atoms with Crippen molar-refractivity contribution in [2.24, 2.45) is 0 Å². The lowest BCUT2D eigenvalue weighted by atomic mass is 9.55. The predicted molar refractivity (Wildman–Crippen MR) is 315 cm³/mol. The summed E-state index contributed by atoms with van der Waals surface area (Å²) in [7, 11) is 0. The molecule has 0 bridgehead atoms. The van der Waals surface area contributed by atoms with Crippen LogP contribution in [0.25, 0.3) is 76.5 Å². The monoisotopic (exact) mass is 972 g/mol. The normalized spacial score (nSPS) is 13.9. The predicted octanol–water partition coefficient (Wildman–Crippen LogP) is 19.7. The molecule has 76 heavy (non-hydrogen) atoms. The van der Waals surface area contributed by atoms with Gasteiger partial charge in [-0.15, -0.1) is 0 Å². The van der Waals surface area contributed by atoms with Crippen LogP contribution in [0.15, 0.2) is 264 Å². The summed E-state index contributed by atoms with van der Waals surface area (Å²) in [4.78, 5) is 4.92. The van der Waals surface area contributed by atoms with Crippen LogP contribution in [-0.4, -0.2) is 0 Å². The first-order valence-corrected chi connectivity index (χ1v) is 26.3. The van der Waals surface area contributed by atoms with E-state index in [-0.39, 0.29) is 5.41 Å². The van der Waals surface area contributed by atoms with Crippen molar-refractivity contribution in [3.8, 4) is 11.1 Å². The first-order valence-electron chi connectivity index (χ1n) is 26.3. The van der Waals surface area contributed by atoms with Gasteiger partial charge in [-0.05, 0) is 151 Å². The second-order valence-corrected chi connectivity index (χ2v) is 21.2. The van der Waals surface area contributed by atoms with Crippen LogP contribution in [0.5, 0.6) is 0 Å². The molecule has 2 aliphatic rings. The fourth-order valence-corrected chi connectivity index (χ4v) is 13.5. The van der Waals surface area contributed by atoms with E-state index in [9.17, 15) is 0 Å². The summed E-state index contributed by atoms with van der Waals surface area (Å²) in [6, 6.07) is 93.8. The van der Waals surface area contributed by atoms with Crippen LogP contribution in [-0.2, 0) is 10.8 Å². The molecule has 0 fully saturated rings. The number of hydrogen-bond donors (Lipinski definition) is 0. The Morgan fingerprint density at radius 3 is 1.13 bits per heavy atom. The molecule has 14 aromatic rings. The Balaban J connectivity index is 0.997. The average molecular weight is 973 g/mol. The molecule has 1 spiro atoms. The molecule has 4 heteroatoms. The van der Waals surface area contributed by atoms with Crippen molar-refractivity contribution in [1.29, 1.82) is 0 Å². The van der Waals surface area contributed by atoms with Crippen molar-refractivity contribution < 1.29 is 8.83 Å². The van der Waals surface area contributed by atoms with Gasteiger partial charge in [-0.2, -0.15) is 0 Å². The highest BCUT2D eigenvalue weighted by atomic mass is 16.3. The summed E-state index contributed by atoms with van der Waals surface area (Å²) >= 11 is 0. The molecular weight excluding hydrogens is 925 g/mol. The van der Waals surface area contributed by atoms with Crippen LogP contribution in [0.3, 0.4) is 0 Å². The zero-order chi connectivity index (χ0) is 50.3. The highest BCUT2D eigenvalue weighted by Gasteiger charge is 2.53. The molecule has 0 N–H and O–H groups in total. The van der Waals surface area contributed by atoms with Crippen LogP contribution in [0.4, 0.5) is 34.1 Å². The average Bonchev–Trinajstić information content (AvgIpc) is 4.16. The minimum absolute atomic E-state index is 0.277. The number of anilines is 6. The number of para-hydroxylation sites is 2. The summed E-state index contributed by atoms with van der Waals surface area (Å²) in [6.45, 7) is 4.80. The molecule has 16 rings (SSSR count). The molecule has 0 unspecified atom stereocenters. The minimum atomic E-state index is -0.716. The number of benzene rings is 12. The molecule has 0 amide bonds. The summed E-state index contributed by atoms with van der Waals surface area (Å²) < 4.78 is 13.2. The Bertz CT molecular complexity index is 4430. The summed E-state index contributed by atoms with van der Waals surface area (Å²) in [6.07, 6.45) is 0. The van der Waals surface area contributed by atoms with E-state index in [0.717, 1.165) is 78.0 Å². The van der Waals surface area contributed by atoms with Gasteiger partial charge in [0.25, 0.3) is 0 Å². The third kappa shape index (κ3) is 5.95. The van der Waals surface area contributed by atoms with Gasteiger partial charge in [0.1, 0.15) is 22.3 Å². The first-order chi connectivity index (χ1) is 37.4. The van der Waals surface area contributed by atoms with E-state index in [2.05, 4.69) is 278 Å². The van der Waals surface area contributed by atoms with Crippen LogP contribution in [0, 0.1) is 0 Å². The molecule has 2 aliphatic carbocycles. The van der Waals surface area contributed by atoms with Gasteiger partial charge in [0.15, 0.2) is 0 Å². The lowest BCUT2D eigenvalue weighted by Gasteiger charge is -2.47. The van der Waals surface area contributed by atoms with Crippen molar-refractivity contribution in [3.63, 3.8) is 0 Å². The maximum absolute atomic E-state index is 6.61. The Morgan fingerprint density at radius 2 is 0.658 bits per heavy atom. The zero-order valence-electron chi connectivity index (χ0n) is 42.0. The molecule has 4 nitrogen and oxygen atoms in total. The molecule has 0 radical (unpaired) electrons. The van der Waals surface area contributed by atoms with Crippen molar-refractivity contribution in [2.45, 2.75) is 24.7 Å². The summed E-state index contributed by atoms with van der Waals surface area (Å²) in [5.41, 5.74) is 19.0. The molecule has 358 valence electrons. The number of hydrogen-bond acceptors (Lipinski definition) is 4. The largest absolute Gasteiger partial charge is 0.456 e. The molecule has 12 aromatic carbocycles. The van der Waals surface area contributed by atoms with E-state index >= 15 is 0 Å². The van der Waals surface area contributed by atoms with Crippen molar-refractivity contribution >= 4 is 99.5 Å². The lowest BCUT2D eigenvalue weighted by molar-refractivity contribution is 0.563. The zero-order valence-corrected chi connectivity index (χ0v) is 42.0. The van der Waals surface area contributed by atoms with Crippen LogP contribution < -0.4 is 9.80 Å². The van der Waals surface area contributed by atoms with E-state index in [1.807, 2.05) is 0 Å². The van der Waals surface area contributed by atoms with Gasteiger partial charge in [-0.25, -0.2) is 0 Å². The molecule has 2 aromatic heterocycles. The van der Waals surface area contributed by atoms with E-state index in [0.29, 0.717) is 0 Å². The fraction of sp³-hybridized carbons (Fsp3) is 0.0556. The van der Waals surface area contributed by atoms with Gasteiger partial charge in [0.2, 0.25) is 0 Å². The van der Waals surface area contributed by atoms with Gasteiger partial charge in [0.05, 0.1) is 27.6 Å². The van der Waals surface area contributed by atoms with E-state index in [1.54, 1.807) is 0 Å². The smallest absolute Gasteiger partial charge is 0.137 e. The first kappa shape index (κ1) is 42.8. The molecular formula is C72H48N2O2. The van der Waals surface area contributed by atoms with E-state index in [1.165, 1.54) is 66.1 Å². The fourth-order valence-electron chi connectivity index (χ4n) is 13.5. The molecule has 0 aliphatic heterocycles. The van der Waals surface area contributed by atoms with Crippen LogP contribution in [0.2, 0.25) is 0 Å². The number of furan rings is 2. The maximum atomic E-state index is 6.61. The van der Waals surface area contributed by atoms with Gasteiger partial charge >= 0.3 is 0 Å². The van der Waals surface area contributed by atoms with Gasteiger partial charge in [-0.3, -0.25) is 0 Å².